The zero-order valence-corrected chi connectivity index (χ0v) is 17.9. The maximum Gasteiger partial charge on any atom is 0.162 e. The molecule has 7 nitrogen and oxygen atoms in total. The number of nitriles is 1. The highest BCUT2D eigenvalue weighted by atomic mass is 16.5. The first-order valence-electron chi connectivity index (χ1n) is 9.79. The first kappa shape index (κ1) is 20.8. The van der Waals surface area contributed by atoms with Gasteiger partial charge < -0.3 is 24.3 Å². The molecular formula is C25H21N3O4. The summed E-state index contributed by atoms with van der Waals surface area (Å²) in [5, 5.41) is 13.7. The molecule has 0 spiro atoms. The summed E-state index contributed by atoms with van der Waals surface area (Å²) in [5.74, 6) is 3.21. The van der Waals surface area contributed by atoms with Crippen LogP contribution in [0, 0.1) is 11.3 Å². The summed E-state index contributed by atoms with van der Waals surface area (Å²) < 4.78 is 21.9. The molecule has 4 rings (SSSR count). The fourth-order valence-electron chi connectivity index (χ4n) is 3.29. The number of fused-ring (bicyclic) bond motifs is 1. The van der Waals surface area contributed by atoms with Gasteiger partial charge in [0.25, 0.3) is 0 Å². The Bertz CT molecular complexity index is 1300. The van der Waals surface area contributed by atoms with E-state index in [0.29, 0.717) is 39.8 Å². The molecule has 0 aliphatic heterocycles. The number of rotatable bonds is 7. The lowest BCUT2D eigenvalue weighted by Gasteiger charge is -2.14. The third-order valence-corrected chi connectivity index (χ3v) is 4.89. The van der Waals surface area contributed by atoms with Crippen molar-refractivity contribution < 1.29 is 18.9 Å². The highest BCUT2D eigenvalue weighted by Crippen LogP contribution is 2.37. The molecule has 0 saturated heterocycles. The van der Waals surface area contributed by atoms with Crippen LogP contribution in [0.15, 0.2) is 66.9 Å². The predicted octanol–water partition coefficient (Wildman–Crippen LogP) is 5.67. The summed E-state index contributed by atoms with van der Waals surface area (Å²) in [5.41, 5.74) is 2.53. The van der Waals surface area contributed by atoms with Crippen molar-refractivity contribution in [3.8, 4) is 34.8 Å². The molecule has 0 radical (unpaired) electrons. The van der Waals surface area contributed by atoms with Gasteiger partial charge in [0, 0.05) is 29.4 Å². The van der Waals surface area contributed by atoms with Gasteiger partial charge in [0.05, 0.1) is 38.1 Å². The number of methoxy groups -OCH3 is 3. The highest BCUT2D eigenvalue weighted by molar-refractivity contribution is 5.97. The van der Waals surface area contributed by atoms with E-state index in [4.69, 9.17) is 18.9 Å². The Morgan fingerprint density at radius 3 is 2.22 bits per heavy atom. The number of aromatic nitrogens is 1. The fourth-order valence-corrected chi connectivity index (χ4v) is 3.29. The minimum absolute atomic E-state index is 0.418. The first-order chi connectivity index (χ1) is 15.6. The van der Waals surface area contributed by atoms with Gasteiger partial charge in [-0.15, -0.1) is 0 Å². The van der Waals surface area contributed by atoms with Crippen LogP contribution in [0.3, 0.4) is 0 Å². The second-order valence-corrected chi connectivity index (χ2v) is 6.81. The Morgan fingerprint density at radius 1 is 0.812 bits per heavy atom. The number of anilines is 2. The molecule has 32 heavy (non-hydrogen) atoms. The Hall–Kier alpha value is -4.44. The molecule has 4 aromatic rings. The third-order valence-electron chi connectivity index (χ3n) is 4.89. The largest absolute Gasteiger partial charge is 0.497 e. The molecule has 0 atom stereocenters. The number of pyridine rings is 1. The molecule has 1 heterocycles. The zero-order valence-electron chi connectivity index (χ0n) is 17.9. The monoisotopic (exact) mass is 427 g/mol. The van der Waals surface area contributed by atoms with Crippen molar-refractivity contribution in [3.63, 3.8) is 0 Å². The van der Waals surface area contributed by atoms with Crippen LogP contribution in [0.25, 0.3) is 10.9 Å². The molecule has 0 saturated carbocycles. The topological polar surface area (TPSA) is 85.6 Å². The Balaban J connectivity index is 1.64. The lowest BCUT2D eigenvalue weighted by Crippen LogP contribution is -1.98. The third kappa shape index (κ3) is 4.20. The minimum atomic E-state index is 0.418. The van der Waals surface area contributed by atoms with Crippen molar-refractivity contribution in [1.29, 1.82) is 5.26 Å². The van der Waals surface area contributed by atoms with Crippen LogP contribution in [-0.2, 0) is 0 Å². The summed E-state index contributed by atoms with van der Waals surface area (Å²) in [6, 6.07) is 20.6. The number of hydrogen-bond donors (Lipinski definition) is 1. The zero-order chi connectivity index (χ0) is 22.5. The van der Waals surface area contributed by atoms with Crippen LogP contribution >= 0.6 is 0 Å². The molecule has 0 aliphatic rings. The first-order valence-corrected chi connectivity index (χ1v) is 9.79. The molecule has 0 amide bonds. The van der Waals surface area contributed by atoms with Crippen LogP contribution in [-0.4, -0.2) is 26.3 Å². The lowest BCUT2D eigenvalue weighted by atomic mass is 10.1. The van der Waals surface area contributed by atoms with E-state index >= 15 is 0 Å². The second kappa shape index (κ2) is 9.14. The van der Waals surface area contributed by atoms with Crippen molar-refractivity contribution in [2.75, 3.05) is 26.6 Å². The molecule has 0 aliphatic carbocycles. The molecule has 3 aromatic carbocycles. The van der Waals surface area contributed by atoms with Gasteiger partial charge in [0.15, 0.2) is 11.5 Å². The molecule has 160 valence electrons. The summed E-state index contributed by atoms with van der Waals surface area (Å²) in [6.45, 7) is 0. The van der Waals surface area contributed by atoms with Crippen molar-refractivity contribution in [2.45, 2.75) is 0 Å². The van der Waals surface area contributed by atoms with E-state index in [0.717, 1.165) is 16.8 Å². The fraction of sp³-hybridized carbons (Fsp3) is 0.120. The molecular weight excluding hydrogens is 406 g/mol. The quantitative estimate of drug-likeness (QED) is 0.407. The van der Waals surface area contributed by atoms with Crippen LogP contribution in [0.1, 0.15) is 5.56 Å². The molecule has 7 heteroatoms. The van der Waals surface area contributed by atoms with Gasteiger partial charge in [-0.25, -0.2) is 0 Å². The standard InChI is InChI=1S/C25H21N3O4/c1-29-19-5-4-6-20(11-19)32-18-9-7-17(8-10-18)28-25-16(14-26)15-27-22-13-24(31-3)23(30-2)12-21(22)25/h4-13,15H,1-3H3,(H,27,28). The highest BCUT2D eigenvalue weighted by Gasteiger charge is 2.14. The molecule has 1 N–H and O–H groups in total. The van der Waals surface area contributed by atoms with E-state index in [1.165, 1.54) is 6.20 Å². The summed E-state index contributed by atoms with van der Waals surface area (Å²) in [6.07, 6.45) is 1.54. The van der Waals surface area contributed by atoms with E-state index in [-0.39, 0.29) is 0 Å². The molecule has 0 unspecified atom stereocenters. The van der Waals surface area contributed by atoms with Gasteiger partial charge in [0.1, 0.15) is 23.3 Å². The van der Waals surface area contributed by atoms with Crippen LogP contribution in [0.2, 0.25) is 0 Å². The van der Waals surface area contributed by atoms with Crippen molar-refractivity contribution in [1.82, 2.24) is 4.98 Å². The SMILES string of the molecule is COc1cccc(Oc2ccc(Nc3c(C#N)cnc4cc(OC)c(OC)cc34)cc2)c1. The van der Waals surface area contributed by atoms with Crippen molar-refractivity contribution >= 4 is 22.3 Å². The number of nitrogens with one attached hydrogen (secondary N) is 1. The Kier molecular flexibility index (Phi) is 5.95. The van der Waals surface area contributed by atoms with E-state index < -0.39 is 0 Å². The Morgan fingerprint density at radius 2 is 1.53 bits per heavy atom. The van der Waals surface area contributed by atoms with Gasteiger partial charge in [-0.3, -0.25) is 4.98 Å². The van der Waals surface area contributed by atoms with Crippen molar-refractivity contribution in [2.24, 2.45) is 0 Å². The normalized spacial score (nSPS) is 10.3. The van der Waals surface area contributed by atoms with Gasteiger partial charge in [0.2, 0.25) is 0 Å². The van der Waals surface area contributed by atoms with Gasteiger partial charge >= 0.3 is 0 Å². The average molecular weight is 427 g/mol. The summed E-state index contributed by atoms with van der Waals surface area (Å²) >= 11 is 0. The minimum Gasteiger partial charge on any atom is -0.497 e. The van der Waals surface area contributed by atoms with Crippen LogP contribution in [0.5, 0.6) is 28.7 Å². The number of hydrogen-bond acceptors (Lipinski definition) is 7. The second-order valence-electron chi connectivity index (χ2n) is 6.81. The number of ether oxygens (including phenoxy) is 4. The summed E-state index contributed by atoms with van der Waals surface area (Å²) in [4.78, 5) is 4.39. The predicted molar refractivity (Wildman–Crippen MR) is 122 cm³/mol. The van der Waals surface area contributed by atoms with E-state index in [1.54, 1.807) is 27.4 Å². The van der Waals surface area contributed by atoms with Gasteiger partial charge in [-0.2, -0.15) is 5.26 Å². The van der Waals surface area contributed by atoms with E-state index in [2.05, 4.69) is 16.4 Å². The molecule has 0 bridgehead atoms. The maximum atomic E-state index is 9.62. The average Bonchev–Trinajstić information content (AvgIpc) is 2.84. The van der Waals surface area contributed by atoms with Crippen molar-refractivity contribution in [3.05, 3.63) is 72.4 Å². The van der Waals surface area contributed by atoms with Gasteiger partial charge in [-0.1, -0.05) is 6.07 Å². The number of nitrogens with zero attached hydrogens (tertiary/aromatic N) is 2. The summed E-state index contributed by atoms with van der Waals surface area (Å²) in [7, 11) is 4.75. The van der Waals surface area contributed by atoms with E-state index in [9.17, 15) is 5.26 Å². The Labute approximate surface area is 185 Å². The molecule has 0 fully saturated rings. The maximum absolute atomic E-state index is 9.62. The number of benzene rings is 3. The van der Waals surface area contributed by atoms with Crippen LogP contribution in [0.4, 0.5) is 11.4 Å². The lowest BCUT2D eigenvalue weighted by molar-refractivity contribution is 0.356. The van der Waals surface area contributed by atoms with Gasteiger partial charge in [-0.05, 0) is 42.5 Å². The van der Waals surface area contributed by atoms with Crippen LogP contribution < -0.4 is 24.3 Å². The molecule has 1 aromatic heterocycles. The van der Waals surface area contributed by atoms with E-state index in [1.807, 2.05) is 54.6 Å². The smallest absolute Gasteiger partial charge is 0.162 e.